The summed E-state index contributed by atoms with van der Waals surface area (Å²) in [5.74, 6) is 0.414. The van der Waals surface area contributed by atoms with Crippen molar-refractivity contribution < 1.29 is 4.74 Å². The summed E-state index contributed by atoms with van der Waals surface area (Å²) in [6, 6.07) is 9.08. The van der Waals surface area contributed by atoms with E-state index < -0.39 is 0 Å². The minimum Gasteiger partial charge on any atom is -0.495 e. The zero-order valence-corrected chi connectivity index (χ0v) is 13.2. The van der Waals surface area contributed by atoms with Crippen LogP contribution in [0.25, 0.3) is 16.9 Å². The Bertz CT molecular complexity index is 885. The van der Waals surface area contributed by atoms with Gasteiger partial charge < -0.3 is 4.74 Å². The largest absolute Gasteiger partial charge is 0.495 e. The maximum atomic E-state index is 9.41. The lowest BCUT2D eigenvalue weighted by Crippen LogP contribution is -2.00. The molecule has 0 fully saturated rings. The number of fused-ring (bicyclic) bond motifs is 1. The zero-order valence-electron chi connectivity index (χ0n) is 10.8. The maximum absolute atomic E-state index is 9.41. The van der Waals surface area contributed by atoms with Gasteiger partial charge in [-0.05, 0) is 34.1 Å². The molecular weight excluding hydrogens is 356 g/mol. The molecule has 104 valence electrons. The van der Waals surface area contributed by atoms with Crippen LogP contribution in [0.4, 0.5) is 0 Å². The molecule has 7 heteroatoms. The van der Waals surface area contributed by atoms with Gasteiger partial charge in [-0.15, -0.1) is 0 Å². The number of ether oxygens (including phenoxy) is 1. The van der Waals surface area contributed by atoms with Gasteiger partial charge in [0.05, 0.1) is 12.8 Å². The molecule has 2 heterocycles. The van der Waals surface area contributed by atoms with E-state index in [1.807, 2.05) is 12.1 Å². The highest BCUT2D eigenvalue weighted by atomic mass is 79.9. The molecule has 0 spiro atoms. The first kappa shape index (κ1) is 13.9. The first-order chi connectivity index (χ1) is 10.1. The van der Waals surface area contributed by atoms with Crippen molar-refractivity contribution in [3.8, 4) is 17.5 Å². The second-order valence-corrected chi connectivity index (χ2v) is 5.45. The Morgan fingerprint density at radius 1 is 1.38 bits per heavy atom. The third-order valence-corrected chi connectivity index (χ3v) is 3.66. The Hall–Kier alpha value is -2.10. The molecule has 0 aliphatic carbocycles. The molecule has 0 saturated carbocycles. The Balaban J connectivity index is 2.35. The minimum absolute atomic E-state index is 0.378. The van der Waals surface area contributed by atoms with Gasteiger partial charge in [0.2, 0.25) is 0 Å². The smallest absolute Gasteiger partial charge is 0.165 e. The fraction of sp³-hybridized carbons (Fsp3) is 0.0714. The molecular formula is C14H8BrClN4O. The number of aromatic nitrogens is 3. The number of nitriles is 1. The Labute approximate surface area is 133 Å². The number of rotatable bonds is 2. The fourth-order valence-corrected chi connectivity index (χ4v) is 2.58. The monoisotopic (exact) mass is 362 g/mol. The molecule has 0 saturated heterocycles. The van der Waals surface area contributed by atoms with Crippen LogP contribution in [-0.2, 0) is 0 Å². The summed E-state index contributed by atoms with van der Waals surface area (Å²) in [6.45, 7) is 0. The van der Waals surface area contributed by atoms with E-state index in [1.54, 1.807) is 23.0 Å². The lowest BCUT2D eigenvalue weighted by molar-refractivity contribution is 0.413. The normalized spacial score (nSPS) is 10.6. The van der Waals surface area contributed by atoms with Crippen LogP contribution in [-0.4, -0.2) is 21.6 Å². The third kappa shape index (κ3) is 2.35. The zero-order chi connectivity index (χ0) is 15.0. The number of imidazole rings is 1. The SMILES string of the molecule is COc1cc(Cl)cc(-n2cnc3ccc(Br)nc32)c1C#N. The van der Waals surface area contributed by atoms with E-state index in [1.165, 1.54) is 7.11 Å². The van der Waals surface area contributed by atoms with E-state index in [0.29, 0.717) is 32.3 Å². The topological polar surface area (TPSA) is 63.7 Å². The summed E-state index contributed by atoms with van der Waals surface area (Å²) in [4.78, 5) is 8.68. The van der Waals surface area contributed by atoms with Crippen molar-refractivity contribution in [1.29, 1.82) is 5.26 Å². The van der Waals surface area contributed by atoms with E-state index in [-0.39, 0.29) is 0 Å². The highest BCUT2D eigenvalue weighted by Gasteiger charge is 2.15. The summed E-state index contributed by atoms with van der Waals surface area (Å²) < 4.78 is 7.62. The van der Waals surface area contributed by atoms with Crippen molar-refractivity contribution in [2.45, 2.75) is 0 Å². The van der Waals surface area contributed by atoms with Gasteiger partial charge in [-0.1, -0.05) is 11.6 Å². The molecule has 3 aromatic rings. The van der Waals surface area contributed by atoms with E-state index in [2.05, 4.69) is 32.0 Å². The summed E-state index contributed by atoms with van der Waals surface area (Å²) in [5, 5.41) is 9.88. The molecule has 21 heavy (non-hydrogen) atoms. The van der Waals surface area contributed by atoms with Crippen molar-refractivity contribution in [1.82, 2.24) is 14.5 Å². The molecule has 0 amide bonds. The lowest BCUT2D eigenvalue weighted by atomic mass is 10.1. The number of halogens is 2. The molecule has 5 nitrogen and oxygen atoms in total. The van der Waals surface area contributed by atoms with Gasteiger partial charge in [0.15, 0.2) is 5.65 Å². The molecule has 0 radical (unpaired) electrons. The molecule has 2 aromatic heterocycles. The predicted molar refractivity (Wildman–Crippen MR) is 82.8 cm³/mol. The fourth-order valence-electron chi connectivity index (χ4n) is 2.08. The van der Waals surface area contributed by atoms with E-state index in [9.17, 15) is 5.26 Å². The number of benzene rings is 1. The summed E-state index contributed by atoms with van der Waals surface area (Å²) in [6.07, 6.45) is 1.61. The van der Waals surface area contributed by atoms with Crippen LogP contribution in [0.1, 0.15) is 5.56 Å². The second-order valence-electron chi connectivity index (χ2n) is 4.21. The summed E-state index contributed by atoms with van der Waals surface area (Å²) in [7, 11) is 1.50. The van der Waals surface area contributed by atoms with Crippen molar-refractivity contribution in [3.63, 3.8) is 0 Å². The number of nitrogens with zero attached hydrogens (tertiary/aromatic N) is 4. The van der Waals surface area contributed by atoms with Crippen LogP contribution in [0.5, 0.6) is 5.75 Å². The number of hydrogen-bond acceptors (Lipinski definition) is 4. The molecule has 0 unspecified atom stereocenters. The minimum atomic E-state index is 0.378. The predicted octanol–water partition coefficient (Wildman–Crippen LogP) is 3.72. The summed E-state index contributed by atoms with van der Waals surface area (Å²) in [5.41, 5.74) is 2.31. The van der Waals surface area contributed by atoms with Crippen molar-refractivity contribution >= 4 is 38.7 Å². The summed E-state index contributed by atoms with van der Waals surface area (Å²) >= 11 is 9.44. The van der Waals surface area contributed by atoms with Gasteiger partial charge in [0.25, 0.3) is 0 Å². The molecule has 0 atom stereocenters. The molecule has 0 aliphatic rings. The number of methoxy groups -OCH3 is 1. The second kappa shape index (κ2) is 5.35. The van der Waals surface area contributed by atoms with Gasteiger partial charge in [-0.25, -0.2) is 9.97 Å². The third-order valence-electron chi connectivity index (χ3n) is 3.00. The van der Waals surface area contributed by atoms with Gasteiger partial charge in [-0.2, -0.15) is 5.26 Å². The average Bonchev–Trinajstić information content (AvgIpc) is 2.89. The molecule has 0 aliphatic heterocycles. The van der Waals surface area contributed by atoms with Gasteiger partial charge >= 0.3 is 0 Å². The quantitative estimate of drug-likeness (QED) is 0.651. The van der Waals surface area contributed by atoms with E-state index >= 15 is 0 Å². The standard InChI is InChI=1S/C14H8BrClN4O/c1-21-12-5-8(16)4-11(9(12)6-17)20-7-18-10-2-3-13(15)19-14(10)20/h2-5,7H,1H3. The van der Waals surface area contributed by atoms with Crippen LogP contribution in [0, 0.1) is 11.3 Å². The van der Waals surface area contributed by atoms with Crippen molar-refractivity contribution in [2.24, 2.45) is 0 Å². The highest BCUT2D eigenvalue weighted by Crippen LogP contribution is 2.31. The van der Waals surface area contributed by atoms with Crippen LogP contribution in [0.2, 0.25) is 5.02 Å². The van der Waals surface area contributed by atoms with Crippen molar-refractivity contribution in [3.05, 3.63) is 45.8 Å². The van der Waals surface area contributed by atoms with Gasteiger partial charge in [-0.3, -0.25) is 4.57 Å². The van der Waals surface area contributed by atoms with Crippen molar-refractivity contribution in [2.75, 3.05) is 7.11 Å². The van der Waals surface area contributed by atoms with Crippen LogP contribution < -0.4 is 4.74 Å². The molecule has 0 N–H and O–H groups in total. The number of pyridine rings is 1. The first-order valence-corrected chi connectivity index (χ1v) is 7.08. The Kier molecular flexibility index (Phi) is 3.53. The average molecular weight is 364 g/mol. The van der Waals surface area contributed by atoms with Crippen LogP contribution >= 0.6 is 27.5 Å². The number of hydrogen-bond donors (Lipinski definition) is 0. The Morgan fingerprint density at radius 2 is 2.19 bits per heavy atom. The van der Waals surface area contributed by atoms with Gasteiger partial charge in [0, 0.05) is 11.1 Å². The molecule has 0 bridgehead atoms. The Morgan fingerprint density at radius 3 is 2.90 bits per heavy atom. The lowest BCUT2D eigenvalue weighted by Gasteiger charge is -2.10. The van der Waals surface area contributed by atoms with Crippen LogP contribution in [0.15, 0.2) is 35.2 Å². The maximum Gasteiger partial charge on any atom is 0.165 e. The molecule has 1 aromatic carbocycles. The van der Waals surface area contributed by atoms with E-state index in [0.717, 1.165) is 5.52 Å². The van der Waals surface area contributed by atoms with E-state index in [4.69, 9.17) is 16.3 Å². The molecule has 3 rings (SSSR count). The van der Waals surface area contributed by atoms with Gasteiger partial charge in [0.1, 0.15) is 33.8 Å². The highest BCUT2D eigenvalue weighted by molar-refractivity contribution is 9.10. The first-order valence-electron chi connectivity index (χ1n) is 5.91. The van der Waals surface area contributed by atoms with Crippen LogP contribution in [0.3, 0.4) is 0 Å².